The quantitative estimate of drug-likeness (QED) is 0.345. The minimum atomic E-state index is -0.165. The third-order valence-electron chi connectivity index (χ3n) is 1.63. The topological polar surface area (TPSA) is 53.5 Å². The molecule has 0 aliphatic heterocycles. The Kier molecular flexibility index (Phi) is 4.43. The summed E-state index contributed by atoms with van der Waals surface area (Å²) in [5, 5.41) is 6.73. The molecule has 0 heterocycles. The van der Waals surface area contributed by atoms with Crippen molar-refractivity contribution in [3.8, 4) is 0 Å². The highest BCUT2D eigenvalue weighted by molar-refractivity contribution is 7.80. The molecule has 0 aliphatic rings. The molecule has 0 saturated heterocycles. The third-order valence-corrected chi connectivity index (χ3v) is 1.93. The molecule has 1 rings (SSSR count). The number of nitrogens with one attached hydrogen (secondary N) is 2. The molecule has 0 atom stereocenters. The first-order chi connectivity index (χ1) is 7.24. The summed E-state index contributed by atoms with van der Waals surface area (Å²) in [5.74, 6) is -0.165. The van der Waals surface area contributed by atoms with Gasteiger partial charge in [-0.3, -0.25) is 10.2 Å². The Hall–Kier alpha value is -1.75. The lowest BCUT2D eigenvalue weighted by molar-refractivity contribution is 0.107. The predicted molar refractivity (Wildman–Crippen MR) is 64.1 cm³/mol. The number of nitrogens with zero attached hydrogens (tertiary/aromatic N) is 1. The molecule has 0 aromatic heterocycles. The van der Waals surface area contributed by atoms with Gasteiger partial charge in [-0.05, 0) is 12.2 Å². The maximum absolute atomic E-state index is 11.5. The highest BCUT2D eigenvalue weighted by atomic mass is 32.1. The van der Waals surface area contributed by atoms with Gasteiger partial charge in [0.05, 0.1) is 6.21 Å². The van der Waals surface area contributed by atoms with Gasteiger partial charge in [0.2, 0.25) is 5.78 Å². The Morgan fingerprint density at radius 3 is 2.67 bits per heavy atom. The summed E-state index contributed by atoms with van der Waals surface area (Å²) in [6, 6.07) is 8.90. The van der Waals surface area contributed by atoms with Crippen LogP contribution in [0.1, 0.15) is 10.4 Å². The molecule has 0 radical (unpaired) electrons. The van der Waals surface area contributed by atoms with E-state index in [1.165, 1.54) is 6.21 Å². The highest BCUT2D eigenvalue weighted by Gasteiger charge is 1.99. The van der Waals surface area contributed by atoms with Gasteiger partial charge in [0, 0.05) is 12.6 Å². The van der Waals surface area contributed by atoms with Crippen molar-refractivity contribution in [2.24, 2.45) is 5.10 Å². The zero-order valence-corrected chi connectivity index (χ0v) is 9.04. The fourth-order valence-electron chi connectivity index (χ4n) is 0.882. The van der Waals surface area contributed by atoms with Crippen molar-refractivity contribution in [2.45, 2.75) is 0 Å². The van der Waals surface area contributed by atoms with Crippen LogP contribution < -0.4 is 10.7 Å². The van der Waals surface area contributed by atoms with Gasteiger partial charge in [-0.2, -0.15) is 5.10 Å². The zero-order chi connectivity index (χ0) is 11.1. The number of carbonyl (C=O) groups excluding carboxylic acids is 1. The van der Waals surface area contributed by atoms with Gasteiger partial charge in [-0.1, -0.05) is 30.3 Å². The van der Waals surface area contributed by atoms with Crippen molar-refractivity contribution in [3.63, 3.8) is 0 Å². The molecule has 0 unspecified atom stereocenters. The minimum Gasteiger partial charge on any atom is -0.364 e. The van der Waals surface area contributed by atoms with E-state index in [1.54, 1.807) is 31.3 Å². The summed E-state index contributed by atoms with van der Waals surface area (Å²) in [6.45, 7) is 0. The fraction of sp³-hybridized carbons (Fsp3) is 0.100. The van der Waals surface area contributed by atoms with Crippen LogP contribution in [0.15, 0.2) is 35.4 Å². The zero-order valence-electron chi connectivity index (χ0n) is 8.23. The van der Waals surface area contributed by atoms with Crippen LogP contribution in [0.5, 0.6) is 0 Å². The second-order valence-electron chi connectivity index (χ2n) is 2.68. The largest absolute Gasteiger partial charge is 0.364 e. The molecule has 2 N–H and O–H groups in total. The van der Waals surface area contributed by atoms with Crippen LogP contribution in [0.25, 0.3) is 0 Å². The summed E-state index contributed by atoms with van der Waals surface area (Å²) < 4.78 is 0. The van der Waals surface area contributed by atoms with Gasteiger partial charge >= 0.3 is 0 Å². The molecular formula is C10H11N3OS. The minimum absolute atomic E-state index is 0.165. The van der Waals surface area contributed by atoms with E-state index < -0.39 is 0 Å². The van der Waals surface area contributed by atoms with Crippen molar-refractivity contribution in [1.82, 2.24) is 10.7 Å². The SMILES string of the molecule is CNC(=S)NN=CC(=O)c1ccccc1. The van der Waals surface area contributed by atoms with Gasteiger partial charge in [-0.25, -0.2) is 0 Å². The van der Waals surface area contributed by atoms with E-state index in [0.29, 0.717) is 10.7 Å². The van der Waals surface area contributed by atoms with Crippen LogP contribution >= 0.6 is 12.2 Å². The maximum Gasteiger partial charge on any atom is 0.205 e. The van der Waals surface area contributed by atoms with Crippen LogP contribution in [0.4, 0.5) is 0 Å². The van der Waals surface area contributed by atoms with Crippen LogP contribution in [0.2, 0.25) is 0 Å². The Morgan fingerprint density at radius 1 is 1.40 bits per heavy atom. The van der Waals surface area contributed by atoms with E-state index in [2.05, 4.69) is 15.8 Å². The number of Topliss-reactive ketones (excluding diaryl/α,β-unsaturated/α-hetero) is 1. The van der Waals surface area contributed by atoms with Gasteiger partial charge in [0.1, 0.15) is 0 Å². The molecular weight excluding hydrogens is 210 g/mol. The van der Waals surface area contributed by atoms with Crippen molar-refractivity contribution in [2.75, 3.05) is 7.05 Å². The number of hydrogen-bond acceptors (Lipinski definition) is 3. The second-order valence-corrected chi connectivity index (χ2v) is 3.09. The Bertz CT molecular complexity index is 376. The lowest BCUT2D eigenvalue weighted by Gasteiger charge is -1.99. The number of hydrazone groups is 1. The highest BCUT2D eigenvalue weighted by Crippen LogP contribution is 1.97. The Morgan fingerprint density at radius 2 is 2.07 bits per heavy atom. The van der Waals surface area contributed by atoms with Crippen LogP contribution in [-0.2, 0) is 0 Å². The third kappa shape index (κ3) is 3.86. The average Bonchev–Trinajstić information content (AvgIpc) is 2.29. The van der Waals surface area contributed by atoms with Gasteiger partial charge in [0.25, 0.3) is 0 Å². The van der Waals surface area contributed by atoms with Gasteiger partial charge < -0.3 is 5.32 Å². The van der Waals surface area contributed by atoms with E-state index in [4.69, 9.17) is 12.2 Å². The van der Waals surface area contributed by atoms with Gasteiger partial charge in [-0.15, -0.1) is 0 Å². The Balaban J connectivity index is 2.53. The summed E-state index contributed by atoms with van der Waals surface area (Å²) in [4.78, 5) is 11.5. The predicted octanol–water partition coefficient (Wildman–Crippen LogP) is 0.949. The summed E-state index contributed by atoms with van der Waals surface area (Å²) in [6.07, 6.45) is 1.19. The second kappa shape index (κ2) is 5.87. The molecule has 0 bridgehead atoms. The number of carbonyl (C=O) groups is 1. The molecule has 5 heteroatoms. The van der Waals surface area contributed by atoms with E-state index >= 15 is 0 Å². The van der Waals surface area contributed by atoms with Crippen molar-refractivity contribution in [3.05, 3.63) is 35.9 Å². The molecule has 1 aromatic rings. The molecule has 4 nitrogen and oxygen atoms in total. The molecule has 0 amide bonds. The summed E-state index contributed by atoms with van der Waals surface area (Å²) in [5.41, 5.74) is 3.10. The molecule has 0 aliphatic carbocycles. The fourth-order valence-corrected chi connectivity index (χ4v) is 0.935. The number of thiocarbonyl (C=S) groups is 1. The van der Waals surface area contributed by atoms with Crippen molar-refractivity contribution >= 4 is 29.3 Å². The Labute approximate surface area is 93.4 Å². The normalized spacial score (nSPS) is 9.93. The maximum atomic E-state index is 11.5. The monoisotopic (exact) mass is 221 g/mol. The van der Waals surface area contributed by atoms with E-state index in [-0.39, 0.29) is 5.78 Å². The number of benzene rings is 1. The van der Waals surface area contributed by atoms with Crippen molar-refractivity contribution < 1.29 is 4.79 Å². The van der Waals surface area contributed by atoms with Crippen LogP contribution in [-0.4, -0.2) is 24.2 Å². The first kappa shape index (κ1) is 11.3. The molecule has 0 fully saturated rings. The summed E-state index contributed by atoms with van der Waals surface area (Å²) in [7, 11) is 1.67. The lowest BCUT2D eigenvalue weighted by Crippen LogP contribution is -2.28. The molecule has 0 spiro atoms. The van der Waals surface area contributed by atoms with E-state index in [9.17, 15) is 4.79 Å². The van der Waals surface area contributed by atoms with Crippen molar-refractivity contribution in [1.29, 1.82) is 0 Å². The first-order valence-electron chi connectivity index (χ1n) is 4.34. The lowest BCUT2D eigenvalue weighted by atomic mass is 10.1. The molecule has 15 heavy (non-hydrogen) atoms. The van der Waals surface area contributed by atoms with Gasteiger partial charge in [0.15, 0.2) is 5.11 Å². The smallest absolute Gasteiger partial charge is 0.205 e. The molecule has 0 saturated carbocycles. The number of rotatable bonds is 3. The first-order valence-corrected chi connectivity index (χ1v) is 4.75. The molecule has 78 valence electrons. The van der Waals surface area contributed by atoms with E-state index in [1.807, 2.05) is 6.07 Å². The number of hydrogen-bond donors (Lipinski definition) is 2. The average molecular weight is 221 g/mol. The van der Waals surface area contributed by atoms with Crippen LogP contribution in [0, 0.1) is 0 Å². The van der Waals surface area contributed by atoms with Crippen LogP contribution in [0.3, 0.4) is 0 Å². The van der Waals surface area contributed by atoms with E-state index in [0.717, 1.165) is 0 Å². The summed E-state index contributed by atoms with van der Waals surface area (Å²) >= 11 is 4.78. The molecule has 1 aromatic carbocycles. The standard InChI is InChI=1S/C10H11N3OS/c1-11-10(15)13-12-7-9(14)8-5-3-2-4-6-8/h2-7H,1H3,(H2,11,13,15). The number of ketones is 1.